The summed E-state index contributed by atoms with van der Waals surface area (Å²) in [5.74, 6) is 0.179. The van der Waals surface area contributed by atoms with Crippen molar-refractivity contribution in [3.63, 3.8) is 0 Å². The van der Waals surface area contributed by atoms with E-state index in [9.17, 15) is 4.79 Å². The first-order valence-corrected chi connectivity index (χ1v) is 8.52. The van der Waals surface area contributed by atoms with Gasteiger partial charge in [-0.25, -0.2) is 9.97 Å². The van der Waals surface area contributed by atoms with Crippen LogP contribution in [0.25, 0.3) is 0 Å². The molecular weight excluding hydrogens is 324 g/mol. The Morgan fingerprint density at radius 2 is 1.69 bits per heavy atom. The minimum absolute atomic E-state index is 0.250. The highest BCUT2D eigenvalue weighted by molar-refractivity contribution is 6.03. The molecule has 0 aliphatic rings. The number of amides is 1. The van der Waals surface area contributed by atoms with Crippen LogP contribution in [0.4, 0.5) is 11.6 Å². The van der Waals surface area contributed by atoms with Crippen molar-refractivity contribution < 1.29 is 4.79 Å². The zero-order valence-corrected chi connectivity index (χ0v) is 15.2. The molecule has 1 aromatic heterocycles. The van der Waals surface area contributed by atoms with Crippen LogP contribution in [0.3, 0.4) is 0 Å². The van der Waals surface area contributed by atoms with Crippen LogP contribution < -0.4 is 10.6 Å². The molecular formula is C21H22N4O. The minimum atomic E-state index is -0.250. The van der Waals surface area contributed by atoms with E-state index in [0.717, 1.165) is 22.4 Å². The van der Waals surface area contributed by atoms with E-state index in [0.29, 0.717) is 18.2 Å². The van der Waals surface area contributed by atoms with E-state index in [4.69, 9.17) is 0 Å². The third-order valence-corrected chi connectivity index (χ3v) is 4.10. The zero-order chi connectivity index (χ0) is 18.5. The maximum absolute atomic E-state index is 12.5. The molecule has 5 heteroatoms. The third-order valence-electron chi connectivity index (χ3n) is 4.10. The second-order valence-electron chi connectivity index (χ2n) is 6.38. The van der Waals surface area contributed by atoms with Crippen molar-refractivity contribution >= 4 is 17.5 Å². The molecule has 0 unspecified atom stereocenters. The molecule has 2 N–H and O–H groups in total. The Morgan fingerprint density at radius 3 is 2.46 bits per heavy atom. The normalized spacial score (nSPS) is 10.4. The molecule has 0 saturated carbocycles. The molecule has 0 aliphatic heterocycles. The smallest absolute Gasteiger partial charge is 0.274 e. The summed E-state index contributed by atoms with van der Waals surface area (Å²) >= 11 is 0. The highest BCUT2D eigenvalue weighted by Gasteiger charge is 2.11. The average molecular weight is 346 g/mol. The first-order valence-electron chi connectivity index (χ1n) is 8.52. The van der Waals surface area contributed by atoms with Gasteiger partial charge in [0.2, 0.25) is 5.95 Å². The molecule has 2 aromatic carbocycles. The van der Waals surface area contributed by atoms with Crippen molar-refractivity contribution in [1.29, 1.82) is 0 Å². The molecule has 5 nitrogen and oxygen atoms in total. The number of hydrogen-bond acceptors (Lipinski definition) is 4. The molecule has 0 spiro atoms. The number of aromatic nitrogens is 2. The molecule has 0 bridgehead atoms. The first-order chi connectivity index (χ1) is 12.5. The van der Waals surface area contributed by atoms with E-state index in [1.165, 1.54) is 5.56 Å². The van der Waals surface area contributed by atoms with Crippen LogP contribution in [0.5, 0.6) is 0 Å². The highest BCUT2D eigenvalue weighted by Crippen LogP contribution is 2.17. The molecule has 0 atom stereocenters. The van der Waals surface area contributed by atoms with Crippen molar-refractivity contribution in [3.8, 4) is 0 Å². The largest absolute Gasteiger partial charge is 0.350 e. The lowest BCUT2D eigenvalue weighted by Gasteiger charge is -2.10. The van der Waals surface area contributed by atoms with Gasteiger partial charge >= 0.3 is 0 Å². The van der Waals surface area contributed by atoms with E-state index < -0.39 is 0 Å². The van der Waals surface area contributed by atoms with Gasteiger partial charge in [0, 0.05) is 18.4 Å². The molecule has 1 amide bonds. The number of nitrogens with one attached hydrogen (secondary N) is 2. The number of benzene rings is 2. The zero-order valence-electron chi connectivity index (χ0n) is 15.2. The summed E-state index contributed by atoms with van der Waals surface area (Å²) in [6.45, 7) is 6.61. The van der Waals surface area contributed by atoms with E-state index in [1.54, 1.807) is 12.3 Å². The second-order valence-corrected chi connectivity index (χ2v) is 6.38. The molecule has 0 radical (unpaired) electrons. The molecule has 1 heterocycles. The maximum atomic E-state index is 12.5. The van der Waals surface area contributed by atoms with Crippen molar-refractivity contribution in [2.75, 3.05) is 10.6 Å². The number of hydrogen-bond donors (Lipinski definition) is 2. The van der Waals surface area contributed by atoms with Gasteiger partial charge in [-0.05, 0) is 49.6 Å². The maximum Gasteiger partial charge on any atom is 0.274 e. The average Bonchev–Trinajstić information content (AvgIpc) is 2.64. The minimum Gasteiger partial charge on any atom is -0.350 e. The van der Waals surface area contributed by atoms with Gasteiger partial charge in [0.1, 0.15) is 5.69 Å². The predicted molar refractivity (Wildman–Crippen MR) is 104 cm³/mol. The summed E-state index contributed by atoms with van der Waals surface area (Å²) < 4.78 is 0. The second kappa shape index (κ2) is 7.78. The molecule has 3 rings (SSSR count). The molecule has 0 fully saturated rings. The van der Waals surface area contributed by atoms with Crippen LogP contribution in [-0.2, 0) is 6.54 Å². The lowest BCUT2D eigenvalue weighted by molar-refractivity contribution is 0.102. The number of aryl methyl sites for hydroxylation is 3. The van der Waals surface area contributed by atoms with Crippen molar-refractivity contribution in [2.45, 2.75) is 27.3 Å². The van der Waals surface area contributed by atoms with Crippen LogP contribution in [-0.4, -0.2) is 15.9 Å². The van der Waals surface area contributed by atoms with Gasteiger partial charge in [-0.2, -0.15) is 0 Å². The molecule has 0 aliphatic carbocycles. The van der Waals surface area contributed by atoms with E-state index >= 15 is 0 Å². The SMILES string of the molecule is Cc1ccc(CNc2nccc(C(=O)Nc3cc(C)ccc3C)n2)cc1. The highest BCUT2D eigenvalue weighted by atomic mass is 16.1. The summed E-state index contributed by atoms with van der Waals surface area (Å²) in [7, 11) is 0. The van der Waals surface area contributed by atoms with Gasteiger partial charge in [-0.15, -0.1) is 0 Å². The van der Waals surface area contributed by atoms with Crippen LogP contribution in [0.15, 0.2) is 54.7 Å². The number of anilines is 2. The standard InChI is InChI=1S/C21H22N4O/c1-14-5-8-17(9-6-14)13-23-21-22-11-10-18(25-21)20(26)24-19-12-15(2)4-7-16(19)3/h4-12H,13H2,1-3H3,(H,24,26)(H,22,23,25). The molecule has 132 valence electrons. The van der Waals surface area contributed by atoms with Gasteiger partial charge in [0.15, 0.2) is 0 Å². The van der Waals surface area contributed by atoms with E-state index in [-0.39, 0.29) is 5.91 Å². The Labute approximate surface area is 153 Å². The van der Waals surface area contributed by atoms with Crippen LogP contribution in [0, 0.1) is 20.8 Å². The fraction of sp³-hybridized carbons (Fsp3) is 0.190. The fourth-order valence-electron chi connectivity index (χ4n) is 2.51. The Bertz CT molecular complexity index is 920. The third kappa shape index (κ3) is 4.45. The van der Waals surface area contributed by atoms with Gasteiger partial charge in [-0.3, -0.25) is 4.79 Å². The van der Waals surface area contributed by atoms with Crippen LogP contribution in [0.1, 0.15) is 32.7 Å². The molecule has 0 saturated heterocycles. The summed E-state index contributed by atoms with van der Waals surface area (Å²) in [5, 5.41) is 6.08. The topological polar surface area (TPSA) is 66.9 Å². The fourth-order valence-corrected chi connectivity index (χ4v) is 2.51. The molecule has 3 aromatic rings. The summed E-state index contributed by atoms with van der Waals surface area (Å²) in [4.78, 5) is 21.0. The van der Waals surface area contributed by atoms with Crippen LogP contribution >= 0.6 is 0 Å². The number of carbonyl (C=O) groups excluding carboxylic acids is 1. The monoisotopic (exact) mass is 346 g/mol. The lowest BCUT2D eigenvalue weighted by Crippen LogP contribution is -2.16. The van der Waals surface area contributed by atoms with Crippen molar-refractivity contribution in [3.05, 3.63) is 82.7 Å². The number of nitrogens with zero attached hydrogens (tertiary/aromatic N) is 2. The van der Waals surface area contributed by atoms with E-state index in [2.05, 4.69) is 51.8 Å². The summed E-state index contributed by atoms with van der Waals surface area (Å²) in [6, 6.07) is 15.8. The quantitative estimate of drug-likeness (QED) is 0.724. The van der Waals surface area contributed by atoms with Gasteiger partial charge in [-0.1, -0.05) is 42.0 Å². The van der Waals surface area contributed by atoms with Gasteiger partial charge in [0.25, 0.3) is 5.91 Å². The van der Waals surface area contributed by atoms with Gasteiger partial charge in [0.05, 0.1) is 0 Å². The number of carbonyl (C=O) groups is 1. The van der Waals surface area contributed by atoms with Gasteiger partial charge < -0.3 is 10.6 Å². The summed E-state index contributed by atoms with van der Waals surface area (Å²) in [5.41, 5.74) is 5.57. The molecule has 26 heavy (non-hydrogen) atoms. The predicted octanol–water partition coefficient (Wildman–Crippen LogP) is 4.27. The van der Waals surface area contributed by atoms with E-state index in [1.807, 2.05) is 32.0 Å². The lowest BCUT2D eigenvalue weighted by atomic mass is 10.1. The van der Waals surface area contributed by atoms with Crippen LogP contribution in [0.2, 0.25) is 0 Å². The first kappa shape index (κ1) is 17.6. The Hall–Kier alpha value is -3.21. The van der Waals surface area contributed by atoms with Crippen molar-refractivity contribution in [1.82, 2.24) is 9.97 Å². The Balaban J connectivity index is 1.69. The number of rotatable bonds is 5. The van der Waals surface area contributed by atoms with Crippen molar-refractivity contribution in [2.24, 2.45) is 0 Å². The Morgan fingerprint density at radius 1 is 0.962 bits per heavy atom. The summed E-state index contributed by atoms with van der Waals surface area (Å²) in [6.07, 6.45) is 1.59. The Kier molecular flexibility index (Phi) is 5.27.